The smallest absolute Gasteiger partial charge is 0.323 e. The van der Waals surface area contributed by atoms with Crippen LogP contribution in [0.2, 0.25) is 0 Å². The van der Waals surface area contributed by atoms with Crippen molar-refractivity contribution in [1.82, 2.24) is 0 Å². The highest BCUT2D eigenvalue weighted by atomic mass is 16.7. The van der Waals surface area contributed by atoms with Crippen LogP contribution in [0.1, 0.15) is 31.9 Å². The zero-order valence-electron chi connectivity index (χ0n) is 11.0. The molecule has 1 atom stereocenters. The van der Waals surface area contributed by atoms with Crippen LogP contribution >= 0.6 is 0 Å². The summed E-state index contributed by atoms with van der Waals surface area (Å²) in [6.07, 6.45) is 0.178. The lowest BCUT2D eigenvalue weighted by Crippen LogP contribution is -2.47. The molecule has 1 aliphatic rings. The number of carbonyl (C=O) groups excluding carboxylic acids is 2. The topological polar surface area (TPSA) is 78.6 Å². The van der Waals surface area contributed by atoms with Gasteiger partial charge in [-0.2, -0.15) is 0 Å². The summed E-state index contributed by atoms with van der Waals surface area (Å²) in [6, 6.07) is 8.89. The zero-order valence-corrected chi connectivity index (χ0v) is 11.0. The fourth-order valence-corrected chi connectivity index (χ4v) is 2.03. The predicted octanol–water partition coefficient (Wildman–Crippen LogP) is 1.53. The molecule has 1 aromatic carbocycles. The van der Waals surface area contributed by atoms with Crippen LogP contribution in [-0.4, -0.2) is 17.7 Å². The second kappa shape index (κ2) is 5.01. The molecular formula is C14H17NO4. The first-order valence-corrected chi connectivity index (χ1v) is 6.15. The van der Waals surface area contributed by atoms with Crippen LogP contribution in [-0.2, 0) is 19.1 Å². The Balaban J connectivity index is 2.07. The van der Waals surface area contributed by atoms with Crippen molar-refractivity contribution in [3.8, 4) is 0 Å². The summed E-state index contributed by atoms with van der Waals surface area (Å²) in [5.41, 5.74) is 6.87. The Kier molecular flexibility index (Phi) is 3.57. The first kappa shape index (κ1) is 13.5. The van der Waals surface area contributed by atoms with E-state index in [2.05, 4.69) is 0 Å². The molecule has 1 heterocycles. The molecule has 0 aromatic heterocycles. The first-order chi connectivity index (χ1) is 8.89. The molecule has 5 heteroatoms. The summed E-state index contributed by atoms with van der Waals surface area (Å²) >= 11 is 0. The van der Waals surface area contributed by atoms with Gasteiger partial charge in [0, 0.05) is 19.9 Å². The van der Waals surface area contributed by atoms with Gasteiger partial charge in [0.1, 0.15) is 0 Å². The average Bonchev–Trinajstić information content (AvgIpc) is 2.33. The van der Waals surface area contributed by atoms with E-state index in [0.717, 1.165) is 5.56 Å². The number of nitrogens with two attached hydrogens (primary N) is 1. The standard InChI is InChI=1S/C14H17NO4/c1-14(2)18-12(16)10(13(17)19-14)8-11(15)9-6-4-3-5-7-9/h3-7,10-11H,8,15H2,1-2H3. The van der Waals surface area contributed by atoms with E-state index in [1.54, 1.807) is 0 Å². The van der Waals surface area contributed by atoms with Gasteiger partial charge in [-0.3, -0.25) is 9.59 Å². The molecule has 19 heavy (non-hydrogen) atoms. The number of hydrogen-bond donors (Lipinski definition) is 1. The Hall–Kier alpha value is -1.88. The number of carbonyl (C=O) groups is 2. The molecule has 1 unspecified atom stereocenters. The molecule has 2 rings (SSSR count). The van der Waals surface area contributed by atoms with Crippen LogP contribution in [0, 0.1) is 5.92 Å². The molecule has 0 radical (unpaired) electrons. The third-order valence-corrected chi connectivity index (χ3v) is 2.98. The highest BCUT2D eigenvalue weighted by molar-refractivity contribution is 5.96. The summed E-state index contributed by atoms with van der Waals surface area (Å²) in [4.78, 5) is 23.6. The Labute approximate surface area is 111 Å². The summed E-state index contributed by atoms with van der Waals surface area (Å²) < 4.78 is 10.1. The van der Waals surface area contributed by atoms with Crippen LogP contribution < -0.4 is 5.73 Å². The Morgan fingerprint density at radius 2 is 1.68 bits per heavy atom. The fourth-order valence-electron chi connectivity index (χ4n) is 2.03. The fraction of sp³-hybridized carbons (Fsp3) is 0.429. The summed E-state index contributed by atoms with van der Waals surface area (Å²) in [5.74, 6) is -3.30. The number of esters is 2. The van der Waals surface area contributed by atoms with Crippen molar-refractivity contribution in [1.29, 1.82) is 0 Å². The minimum Gasteiger partial charge on any atom is -0.422 e. The predicted molar refractivity (Wildman–Crippen MR) is 67.7 cm³/mol. The quantitative estimate of drug-likeness (QED) is 0.661. The second-order valence-electron chi connectivity index (χ2n) is 5.05. The lowest BCUT2D eigenvalue weighted by molar-refractivity contribution is -0.240. The lowest BCUT2D eigenvalue weighted by atomic mass is 9.94. The molecule has 0 amide bonds. The van der Waals surface area contributed by atoms with Gasteiger partial charge >= 0.3 is 11.9 Å². The number of cyclic esters (lactones) is 2. The molecular weight excluding hydrogens is 246 g/mol. The van der Waals surface area contributed by atoms with Gasteiger partial charge in [0.15, 0.2) is 5.92 Å². The van der Waals surface area contributed by atoms with Crippen LogP contribution in [0.5, 0.6) is 0 Å². The van der Waals surface area contributed by atoms with Crippen LogP contribution in [0.4, 0.5) is 0 Å². The highest BCUT2D eigenvalue weighted by Gasteiger charge is 2.43. The van der Waals surface area contributed by atoms with E-state index in [-0.39, 0.29) is 6.42 Å². The van der Waals surface area contributed by atoms with Crippen molar-refractivity contribution in [3.05, 3.63) is 35.9 Å². The summed E-state index contributed by atoms with van der Waals surface area (Å²) in [6.45, 7) is 3.05. The van der Waals surface area contributed by atoms with Gasteiger partial charge in [0.25, 0.3) is 5.79 Å². The summed E-state index contributed by atoms with van der Waals surface area (Å²) in [5, 5.41) is 0. The third kappa shape index (κ3) is 3.12. The molecule has 1 fully saturated rings. The Bertz CT molecular complexity index is 463. The van der Waals surface area contributed by atoms with E-state index >= 15 is 0 Å². The summed E-state index contributed by atoms with van der Waals surface area (Å²) in [7, 11) is 0. The van der Waals surface area contributed by atoms with E-state index < -0.39 is 29.7 Å². The van der Waals surface area contributed by atoms with Gasteiger partial charge in [0.2, 0.25) is 0 Å². The number of benzene rings is 1. The first-order valence-electron chi connectivity index (χ1n) is 6.15. The minimum absolute atomic E-state index is 0.178. The van der Waals surface area contributed by atoms with Gasteiger partial charge in [-0.15, -0.1) is 0 Å². The molecule has 2 N–H and O–H groups in total. The minimum atomic E-state index is -1.19. The molecule has 1 saturated heterocycles. The molecule has 0 saturated carbocycles. The monoisotopic (exact) mass is 263 g/mol. The molecule has 5 nitrogen and oxygen atoms in total. The lowest BCUT2D eigenvalue weighted by Gasteiger charge is -2.33. The molecule has 0 spiro atoms. The van der Waals surface area contributed by atoms with Gasteiger partial charge in [-0.05, 0) is 12.0 Å². The number of rotatable bonds is 3. The molecule has 1 aromatic rings. The maximum atomic E-state index is 11.8. The zero-order chi connectivity index (χ0) is 14.0. The van der Waals surface area contributed by atoms with Crippen LogP contribution in [0.25, 0.3) is 0 Å². The van der Waals surface area contributed by atoms with Crippen molar-refractivity contribution < 1.29 is 19.1 Å². The van der Waals surface area contributed by atoms with E-state index in [0.29, 0.717) is 0 Å². The van der Waals surface area contributed by atoms with Crippen molar-refractivity contribution in [2.24, 2.45) is 11.7 Å². The van der Waals surface area contributed by atoms with Gasteiger partial charge < -0.3 is 15.2 Å². The van der Waals surface area contributed by atoms with Gasteiger partial charge in [-0.1, -0.05) is 30.3 Å². The molecule has 102 valence electrons. The van der Waals surface area contributed by atoms with Crippen LogP contribution in [0.15, 0.2) is 30.3 Å². The van der Waals surface area contributed by atoms with Crippen LogP contribution in [0.3, 0.4) is 0 Å². The van der Waals surface area contributed by atoms with E-state index in [1.807, 2.05) is 30.3 Å². The van der Waals surface area contributed by atoms with E-state index in [9.17, 15) is 9.59 Å². The highest BCUT2D eigenvalue weighted by Crippen LogP contribution is 2.28. The van der Waals surface area contributed by atoms with Crippen molar-refractivity contribution >= 4 is 11.9 Å². The normalized spacial score (nSPS) is 20.6. The largest absolute Gasteiger partial charge is 0.422 e. The second-order valence-corrected chi connectivity index (χ2v) is 5.05. The van der Waals surface area contributed by atoms with Crippen molar-refractivity contribution in [2.75, 3.05) is 0 Å². The molecule has 1 aliphatic heterocycles. The number of ether oxygens (including phenoxy) is 2. The average molecular weight is 263 g/mol. The van der Waals surface area contributed by atoms with Crippen molar-refractivity contribution in [2.45, 2.75) is 32.1 Å². The SMILES string of the molecule is CC1(C)OC(=O)C(CC(N)c2ccccc2)C(=O)O1. The number of hydrogen-bond acceptors (Lipinski definition) is 5. The van der Waals surface area contributed by atoms with Gasteiger partial charge in [0.05, 0.1) is 0 Å². The molecule has 0 bridgehead atoms. The third-order valence-electron chi connectivity index (χ3n) is 2.98. The van der Waals surface area contributed by atoms with E-state index in [4.69, 9.17) is 15.2 Å². The van der Waals surface area contributed by atoms with Crippen molar-refractivity contribution in [3.63, 3.8) is 0 Å². The Morgan fingerprint density at radius 3 is 2.21 bits per heavy atom. The molecule has 0 aliphatic carbocycles. The van der Waals surface area contributed by atoms with Gasteiger partial charge in [-0.25, -0.2) is 0 Å². The van der Waals surface area contributed by atoms with E-state index in [1.165, 1.54) is 13.8 Å². The maximum absolute atomic E-state index is 11.8. The Morgan fingerprint density at radius 1 is 1.16 bits per heavy atom. The maximum Gasteiger partial charge on any atom is 0.323 e.